The zero-order chi connectivity index (χ0) is 27.4. The first-order valence-corrected chi connectivity index (χ1v) is 14.2. The van der Waals surface area contributed by atoms with Crippen molar-refractivity contribution in [2.45, 2.75) is 59.2 Å². The van der Waals surface area contributed by atoms with Crippen molar-refractivity contribution in [3.63, 3.8) is 0 Å². The predicted molar refractivity (Wildman–Crippen MR) is 140 cm³/mol. The summed E-state index contributed by atoms with van der Waals surface area (Å²) in [6, 6.07) is 11.2. The third kappa shape index (κ3) is 4.51. The Kier molecular flexibility index (Phi) is 6.27. The molecular formula is C27H24ClFN6O3S. The Bertz CT molecular complexity index is 1530. The molecule has 200 valence electrons. The number of carbonyl (C=O) groups is 2. The van der Waals surface area contributed by atoms with E-state index in [0.717, 1.165) is 6.07 Å². The van der Waals surface area contributed by atoms with Crippen LogP contribution in [0.2, 0.25) is 5.02 Å². The van der Waals surface area contributed by atoms with Crippen LogP contribution in [-0.4, -0.2) is 59.1 Å². The van der Waals surface area contributed by atoms with Gasteiger partial charge in [0.2, 0.25) is 11.8 Å². The number of nitriles is 1. The molecule has 6 rings (SSSR count). The van der Waals surface area contributed by atoms with Crippen molar-refractivity contribution >= 4 is 34.2 Å². The molecule has 1 N–H and O–H groups in total. The van der Waals surface area contributed by atoms with Crippen LogP contribution in [0.5, 0.6) is 0 Å². The smallest absolute Gasteiger partial charge is 0.244 e. The second-order valence-corrected chi connectivity index (χ2v) is 12.4. The van der Waals surface area contributed by atoms with Crippen LogP contribution in [0.3, 0.4) is 0 Å². The standard InChI is InChI=1S/C27H24ClFN6O3S/c28-17-12-19(29)23(31-14-17)27(8-9-27)25(37)34-15-18(13-21(34)24(36)33-26(16-30)6-7-26)39(38)22-5-2-1-4-20(22)35-11-3-10-32-35/h1-5,10-12,14,18,21H,6-9,13,15H2,(H,33,36). The molecule has 2 aliphatic carbocycles. The second-order valence-electron chi connectivity index (χ2n) is 10.3. The summed E-state index contributed by atoms with van der Waals surface area (Å²) in [7, 11) is -1.60. The predicted octanol–water partition coefficient (Wildman–Crippen LogP) is 3.04. The zero-order valence-corrected chi connectivity index (χ0v) is 22.3. The van der Waals surface area contributed by atoms with Gasteiger partial charge in [-0.1, -0.05) is 23.7 Å². The molecule has 9 nitrogen and oxygen atoms in total. The number of nitrogens with zero attached hydrogens (tertiary/aromatic N) is 5. The lowest BCUT2D eigenvalue weighted by molar-refractivity contribution is -0.140. The number of pyridine rings is 1. The van der Waals surface area contributed by atoms with Gasteiger partial charge in [-0.05, 0) is 56.4 Å². The van der Waals surface area contributed by atoms with Gasteiger partial charge >= 0.3 is 0 Å². The first-order chi connectivity index (χ1) is 18.8. The van der Waals surface area contributed by atoms with Crippen LogP contribution in [-0.2, 0) is 25.8 Å². The van der Waals surface area contributed by atoms with Crippen LogP contribution in [0.15, 0.2) is 59.9 Å². The van der Waals surface area contributed by atoms with Gasteiger partial charge in [-0.3, -0.25) is 18.8 Å². The molecule has 2 aromatic heterocycles. The molecule has 39 heavy (non-hydrogen) atoms. The molecule has 1 aliphatic heterocycles. The van der Waals surface area contributed by atoms with Gasteiger partial charge in [-0.15, -0.1) is 0 Å². The van der Waals surface area contributed by atoms with Crippen molar-refractivity contribution in [2.24, 2.45) is 0 Å². The molecule has 2 saturated carbocycles. The van der Waals surface area contributed by atoms with Gasteiger partial charge in [0.15, 0.2) is 0 Å². The molecule has 0 bridgehead atoms. The van der Waals surface area contributed by atoms with Crippen molar-refractivity contribution in [3.05, 3.63) is 71.5 Å². The number of carbonyl (C=O) groups excluding carboxylic acids is 2. The van der Waals surface area contributed by atoms with Crippen LogP contribution in [0.4, 0.5) is 4.39 Å². The lowest BCUT2D eigenvalue weighted by atomic mass is 9.98. The maximum Gasteiger partial charge on any atom is 0.244 e. The van der Waals surface area contributed by atoms with Crippen LogP contribution in [0, 0.1) is 17.1 Å². The maximum atomic E-state index is 14.9. The van der Waals surface area contributed by atoms with Gasteiger partial charge in [0.25, 0.3) is 0 Å². The van der Waals surface area contributed by atoms with E-state index >= 15 is 0 Å². The molecule has 12 heteroatoms. The molecular weight excluding hydrogens is 543 g/mol. The number of likely N-dealkylation sites (tertiary alicyclic amines) is 1. The Morgan fingerprint density at radius 2 is 1.97 bits per heavy atom. The van der Waals surface area contributed by atoms with E-state index in [2.05, 4.69) is 21.5 Å². The number of hydrogen-bond donors (Lipinski definition) is 1. The number of para-hydroxylation sites is 1. The number of benzene rings is 1. The number of hydrogen-bond acceptors (Lipinski definition) is 6. The quantitative estimate of drug-likeness (QED) is 0.469. The topological polar surface area (TPSA) is 121 Å². The monoisotopic (exact) mass is 566 g/mol. The van der Waals surface area contributed by atoms with E-state index in [0.29, 0.717) is 36.3 Å². The number of rotatable bonds is 7. The summed E-state index contributed by atoms with van der Waals surface area (Å²) in [5, 5.41) is 16.1. The molecule has 3 atom stereocenters. The fraction of sp³-hybridized carbons (Fsp3) is 0.370. The minimum Gasteiger partial charge on any atom is -0.336 e. The van der Waals surface area contributed by atoms with Gasteiger partial charge in [0.1, 0.15) is 17.4 Å². The minimum absolute atomic E-state index is 0.000321. The molecule has 2 amide bonds. The highest BCUT2D eigenvalue weighted by Gasteiger charge is 2.59. The van der Waals surface area contributed by atoms with E-state index in [1.54, 1.807) is 41.3 Å². The molecule has 0 radical (unpaired) electrons. The van der Waals surface area contributed by atoms with E-state index in [1.165, 1.54) is 11.1 Å². The summed E-state index contributed by atoms with van der Waals surface area (Å²) in [5.74, 6) is -1.58. The van der Waals surface area contributed by atoms with E-state index in [-0.39, 0.29) is 23.7 Å². The molecule has 1 aromatic carbocycles. The highest BCUT2D eigenvalue weighted by molar-refractivity contribution is 7.85. The third-order valence-corrected chi connectivity index (χ3v) is 9.64. The van der Waals surface area contributed by atoms with E-state index in [4.69, 9.17) is 11.6 Å². The molecule has 0 spiro atoms. The van der Waals surface area contributed by atoms with Crippen molar-refractivity contribution in [2.75, 3.05) is 6.54 Å². The van der Waals surface area contributed by atoms with Gasteiger partial charge in [0, 0.05) is 25.1 Å². The molecule has 3 heterocycles. The average molecular weight is 567 g/mol. The van der Waals surface area contributed by atoms with E-state index in [9.17, 15) is 23.5 Å². The van der Waals surface area contributed by atoms with Crippen LogP contribution in [0.1, 0.15) is 37.8 Å². The number of aromatic nitrogens is 3. The zero-order valence-electron chi connectivity index (χ0n) is 20.7. The van der Waals surface area contributed by atoms with Gasteiger partial charge in [0.05, 0.1) is 48.8 Å². The van der Waals surface area contributed by atoms with E-state index < -0.39 is 50.7 Å². The largest absolute Gasteiger partial charge is 0.336 e. The lowest BCUT2D eigenvalue weighted by Gasteiger charge is -2.28. The number of amides is 2. The molecule has 3 fully saturated rings. The third-order valence-electron chi connectivity index (χ3n) is 7.71. The summed E-state index contributed by atoms with van der Waals surface area (Å²) in [6.45, 7) is 0.0352. The van der Waals surface area contributed by atoms with Crippen LogP contribution >= 0.6 is 11.6 Å². The minimum atomic E-state index is -1.60. The summed E-state index contributed by atoms with van der Waals surface area (Å²) < 4.78 is 30.4. The second kappa shape index (κ2) is 9.54. The highest BCUT2D eigenvalue weighted by atomic mass is 35.5. The first kappa shape index (κ1) is 25.6. The summed E-state index contributed by atoms with van der Waals surface area (Å²) in [6.07, 6.45) is 6.62. The fourth-order valence-corrected chi connectivity index (χ4v) is 7.00. The average Bonchev–Trinajstić information content (AvgIpc) is 3.78. The van der Waals surface area contributed by atoms with Gasteiger partial charge in [-0.2, -0.15) is 10.4 Å². The Balaban J connectivity index is 1.33. The Morgan fingerprint density at radius 3 is 2.62 bits per heavy atom. The summed E-state index contributed by atoms with van der Waals surface area (Å²) in [4.78, 5) is 33.5. The van der Waals surface area contributed by atoms with Crippen molar-refractivity contribution < 1.29 is 18.2 Å². The molecule has 3 aliphatic rings. The Morgan fingerprint density at radius 1 is 1.21 bits per heavy atom. The van der Waals surface area contributed by atoms with Crippen LogP contribution < -0.4 is 5.32 Å². The fourth-order valence-electron chi connectivity index (χ4n) is 5.26. The van der Waals surface area contributed by atoms with Crippen LogP contribution in [0.25, 0.3) is 5.69 Å². The van der Waals surface area contributed by atoms with E-state index in [1.807, 2.05) is 6.07 Å². The summed E-state index contributed by atoms with van der Waals surface area (Å²) in [5.41, 5.74) is -1.50. The first-order valence-electron chi connectivity index (χ1n) is 12.6. The summed E-state index contributed by atoms with van der Waals surface area (Å²) >= 11 is 5.88. The normalized spacial score (nSPS) is 23.1. The maximum absolute atomic E-state index is 14.9. The Hall–Kier alpha value is -3.62. The number of halogens is 2. The van der Waals surface area contributed by atoms with Gasteiger partial charge in [-0.25, -0.2) is 9.07 Å². The molecule has 3 unspecified atom stereocenters. The van der Waals surface area contributed by atoms with Crippen molar-refractivity contribution in [1.82, 2.24) is 25.0 Å². The lowest BCUT2D eigenvalue weighted by Crippen LogP contribution is -2.51. The number of nitrogens with one attached hydrogen (secondary N) is 1. The van der Waals surface area contributed by atoms with Crippen molar-refractivity contribution in [1.29, 1.82) is 5.26 Å². The molecule has 1 saturated heterocycles. The highest BCUT2D eigenvalue weighted by Crippen LogP contribution is 2.51. The molecule has 3 aromatic rings. The van der Waals surface area contributed by atoms with Gasteiger partial charge < -0.3 is 10.2 Å². The Labute approximate surface area is 231 Å². The SMILES string of the molecule is N#CC1(NC(=O)C2CC(S(=O)c3ccccc3-n3cccn3)CN2C(=O)C2(c3ncc(Cl)cc3F)CC2)CC1. The van der Waals surface area contributed by atoms with Crippen molar-refractivity contribution in [3.8, 4) is 11.8 Å².